The van der Waals surface area contributed by atoms with Gasteiger partial charge in [0.1, 0.15) is 0 Å². The minimum absolute atomic E-state index is 0.0270. The Morgan fingerprint density at radius 3 is 2.09 bits per heavy atom. The van der Waals surface area contributed by atoms with Crippen molar-refractivity contribution < 1.29 is 9.59 Å². The molecule has 1 radical (unpaired) electrons. The average Bonchev–Trinajstić information content (AvgIpc) is 2.00. The van der Waals surface area contributed by atoms with Crippen LogP contribution in [0.2, 0.25) is 0 Å². The van der Waals surface area contributed by atoms with E-state index in [9.17, 15) is 9.59 Å². The lowest BCUT2D eigenvalue weighted by Crippen LogP contribution is -2.38. The monoisotopic (exact) mass is 156 g/mol. The van der Waals surface area contributed by atoms with E-state index in [1.54, 1.807) is 34.1 Å². The van der Waals surface area contributed by atoms with Crippen molar-refractivity contribution >= 4 is 12.2 Å². The van der Waals surface area contributed by atoms with Crippen molar-refractivity contribution in [2.75, 3.05) is 7.05 Å². The van der Waals surface area contributed by atoms with E-state index in [-0.39, 0.29) is 11.8 Å². The molecule has 0 aromatic heterocycles. The summed E-state index contributed by atoms with van der Waals surface area (Å²) in [6, 6.07) is -0.440. The summed E-state index contributed by atoms with van der Waals surface area (Å²) in [5.74, 6) is -0.0864. The molecule has 0 saturated heterocycles. The van der Waals surface area contributed by atoms with Gasteiger partial charge in [0.25, 0.3) is 0 Å². The van der Waals surface area contributed by atoms with Gasteiger partial charge in [-0.3, -0.25) is 9.59 Å². The Kier molecular flexibility index (Phi) is 3.79. The first kappa shape index (κ1) is 10.1. The molecular weight excluding hydrogens is 142 g/mol. The van der Waals surface area contributed by atoms with Crippen LogP contribution in [-0.4, -0.2) is 30.2 Å². The van der Waals surface area contributed by atoms with Crippen molar-refractivity contribution in [1.29, 1.82) is 0 Å². The van der Waals surface area contributed by atoms with E-state index >= 15 is 0 Å². The maximum absolute atomic E-state index is 11.2. The second-order valence-corrected chi connectivity index (χ2v) is 2.90. The third kappa shape index (κ3) is 2.70. The van der Waals surface area contributed by atoms with Gasteiger partial charge in [0, 0.05) is 13.0 Å². The number of amides is 1. The second kappa shape index (κ2) is 4.11. The van der Waals surface area contributed by atoms with E-state index in [0.717, 1.165) is 0 Å². The smallest absolute Gasteiger partial charge is 0.225 e. The van der Waals surface area contributed by atoms with Gasteiger partial charge in [-0.25, -0.2) is 0 Å². The summed E-state index contributed by atoms with van der Waals surface area (Å²) >= 11 is 0. The molecular formula is C8H14NO2. The summed E-state index contributed by atoms with van der Waals surface area (Å²) in [5, 5.41) is 0. The highest BCUT2D eigenvalue weighted by atomic mass is 16.2. The van der Waals surface area contributed by atoms with Gasteiger partial charge >= 0.3 is 0 Å². The average molecular weight is 156 g/mol. The van der Waals surface area contributed by atoms with Gasteiger partial charge in [-0.05, 0) is 6.92 Å². The summed E-state index contributed by atoms with van der Waals surface area (Å²) in [5.41, 5.74) is 0. The van der Waals surface area contributed by atoms with Crippen LogP contribution in [0.3, 0.4) is 0 Å². The predicted molar refractivity (Wildman–Crippen MR) is 42.8 cm³/mol. The SMILES string of the molecule is CC(C)C(=O)N(C)C(C)[C]=O. The highest BCUT2D eigenvalue weighted by molar-refractivity contribution is 5.80. The molecule has 0 saturated carbocycles. The topological polar surface area (TPSA) is 37.4 Å². The molecule has 3 heteroatoms. The summed E-state index contributed by atoms with van der Waals surface area (Å²) in [6.45, 7) is 5.25. The molecule has 0 aromatic rings. The van der Waals surface area contributed by atoms with Crippen molar-refractivity contribution in [2.45, 2.75) is 26.8 Å². The zero-order valence-electron chi connectivity index (χ0n) is 7.42. The van der Waals surface area contributed by atoms with Crippen LogP contribution in [0.4, 0.5) is 0 Å². The molecule has 0 heterocycles. The minimum atomic E-state index is -0.440. The van der Waals surface area contributed by atoms with Crippen molar-refractivity contribution in [3.63, 3.8) is 0 Å². The fourth-order valence-corrected chi connectivity index (χ4v) is 0.677. The van der Waals surface area contributed by atoms with Gasteiger partial charge in [-0.15, -0.1) is 0 Å². The van der Waals surface area contributed by atoms with Gasteiger partial charge in [0.05, 0.1) is 6.04 Å². The van der Waals surface area contributed by atoms with Crippen LogP contribution in [0.25, 0.3) is 0 Å². The number of hydrogen-bond donors (Lipinski definition) is 0. The van der Waals surface area contributed by atoms with Gasteiger partial charge in [-0.1, -0.05) is 13.8 Å². The lowest BCUT2D eigenvalue weighted by Gasteiger charge is -2.21. The Balaban J connectivity index is 4.12. The van der Waals surface area contributed by atoms with E-state index in [1.807, 2.05) is 0 Å². The molecule has 11 heavy (non-hydrogen) atoms. The first-order chi connectivity index (χ1) is 5.00. The molecule has 0 N–H and O–H groups in total. The Morgan fingerprint density at radius 1 is 1.36 bits per heavy atom. The fourth-order valence-electron chi connectivity index (χ4n) is 0.677. The number of likely N-dealkylation sites (N-methyl/N-ethyl adjacent to an activating group) is 1. The van der Waals surface area contributed by atoms with Crippen LogP contribution in [-0.2, 0) is 9.59 Å². The van der Waals surface area contributed by atoms with Gasteiger partial charge in [0.2, 0.25) is 12.2 Å². The van der Waals surface area contributed by atoms with E-state index in [2.05, 4.69) is 0 Å². The number of carbonyl (C=O) groups excluding carboxylic acids is 2. The minimum Gasteiger partial charge on any atom is -0.335 e. The molecule has 0 rings (SSSR count). The Labute approximate surface area is 67.4 Å². The zero-order valence-corrected chi connectivity index (χ0v) is 7.42. The zero-order chi connectivity index (χ0) is 9.02. The highest BCUT2D eigenvalue weighted by Gasteiger charge is 2.17. The van der Waals surface area contributed by atoms with Crippen LogP contribution < -0.4 is 0 Å². The van der Waals surface area contributed by atoms with Crippen LogP contribution in [0, 0.1) is 5.92 Å². The Hall–Kier alpha value is -0.860. The molecule has 63 valence electrons. The van der Waals surface area contributed by atoms with E-state index in [0.29, 0.717) is 0 Å². The molecule has 0 aliphatic rings. The molecule has 0 spiro atoms. The predicted octanol–water partition coefficient (Wildman–Crippen LogP) is 0.599. The van der Waals surface area contributed by atoms with Crippen molar-refractivity contribution in [2.24, 2.45) is 5.92 Å². The first-order valence-corrected chi connectivity index (χ1v) is 3.65. The van der Waals surface area contributed by atoms with E-state index < -0.39 is 6.04 Å². The van der Waals surface area contributed by atoms with Crippen LogP contribution in [0.1, 0.15) is 20.8 Å². The fraction of sp³-hybridized carbons (Fsp3) is 0.750. The molecule has 1 amide bonds. The molecule has 0 aliphatic heterocycles. The number of nitrogens with zero attached hydrogens (tertiary/aromatic N) is 1. The first-order valence-electron chi connectivity index (χ1n) is 3.65. The Bertz CT molecular complexity index is 154. The quantitative estimate of drug-likeness (QED) is 0.600. The van der Waals surface area contributed by atoms with Crippen molar-refractivity contribution in [3.8, 4) is 0 Å². The summed E-state index contributed by atoms with van der Waals surface area (Å²) in [7, 11) is 1.61. The molecule has 3 nitrogen and oxygen atoms in total. The molecule has 1 atom stereocenters. The second-order valence-electron chi connectivity index (χ2n) is 2.90. The lowest BCUT2D eigenvalue weighted by atomic mass is 10.2. The van der Waals surface area contributed by atoms with E-state index in [1.165, 1.54) is 4.90 Å². The van der Waals surface area contributed by atoms with Crippen LogP contribution in [0.5, 0.6) is 0 Å². The molecule has 0 aromatic carbocycles. The van der Waals surface area contributed by atoms with Crippen molar-refractivity contribution in [1.82, 2.24) is 4.90 Å². The number of hydrogen-bond acceptors (Lipinski definition) is 2. The highest BCUT2D eigenvalue weighted by Crippen LogP contribution is 2.01. The molecule has 1 unspecified atom stereocenters. The van der Waals surface area contributed by atoms with Gasteiger partial charge in [0.15, 0.2) is 0 Å². The summed E-state index contributed by atoms with van der Waals surface area (Å²) in [4.78, 5) is 22.7. The Morgan fingerprint density at radius 2 is 1.82 bits per heavy atom. The standard InChI is InChI=1S/C8H14NO2/c1-6(2)8(11)9(4)7(3)5-10/h6-7H,1-4H3. The molecule has 0 fully saturated rings. The van der Waals surface area contributed by atoms with E-state index in [4.69, 9.17) is 0 Å². The van der Waals surface area contributed by atoms with Gasteiger partial charge < -0.3 is 4.90 Å². The maximum Gasteiger partial charge on any atom is 0.225 e. The molecule has 0 aliphatic carbocycles. The maximum atomic E-state index is 11.2. The van der Waals surface area contributed by atoms with Crippen molar-refractivity contribution in [3.05, 3.63) is 0 Å². The normalized spacial score (nSPS) is 12.8. The number of rotatable bonds is 3. The molecule has 0 bridgehead atoms. The summed E-state index contributed by atoms with van der Waals surface area (Å²) in [6.07, 6.45) is 1.76. The number of carbonyl (C=O) groups is 1. The van der Waals surface area contributed by atoms with Gasteiger partial charge in [-0.2, -0.15) is 0 Å². The third-order valence-corrected chi connectivity index (χ3v) is 1.59. The van der Waals surface area contributed by atoms with Crippen LogP contribution in [0.15, 0.2) is 0 Å². The third-order valence-electron chi connectivity index (χ3n) is 1.59. The summed E-state index contributed by atoms with van der Waals surface area (Å²) < 4.78 is 0. The van der Waals surface area contributed by atoms with Crippen LogP contribution >= 0.6 is 0 Å². The lowest BCUT2D eigenvalue weighted by molar-refractivity contribution is -0.133. The largest absolute Gasteiger partial charge is 0.335 e.